The normalized spacial score (nSPS) is 11.5. The fraction of sp³-hybridized carbons (Fsp3) is 0.389. The van der Waals surface area contributed by atoms with Crippen LogP contribution in [0.25, 0.3) is 0 Å². The van der Waals surface area contributed by atoms with Crippen LogP contribution in [-0.4, -0.2) is 18.5 Å². The second-order valence-electron chi connectivity index (χ2n) is 5.85. The van der Waals surface area contributed by atoms with Crippen LogP contribution in [0.15, 0.2) is 34.7 Å². The summed E-state index contributed by atoms with van der Waals surface area (Å²) < 4.78 is 11.3. The molecule has 0 aliphatic rings. The van der Waals surface area contributed by atoms with Crippen molar-refractivity contribution in [3.63, 3.8) is 0 Å². The van der Waals surface area contributed by atoms with E-state index in [0.717, 1.165) is 17.7 Å². The number of carbonyl (C=O) groups excluding carboxylic acids is 1. The maximum absolute atomic E-state index is 11.9. The first-order valence-corrected chi connectivity index (χ1v) is 7.78. The summed E-state index contributed by atoms with van der Waals surface area (Å²) in [6.45, 7) is 6.77. The van der Waals surface area contributed by atoms with Gasteiger partial charge in [-0.25, -0.2) is 0 Å². The molecule has 1 aromatic heterocycles. The number of ether oxygens (including phenoxy) is 1. The predicted octanol–water partition coefficient (Wildman–Crippen LogP) is 3.36. The average molecular weight is 353 g/mol. The van der Waals surface area contributed by atoms with Gasteiger partial charge in [-0.2, -0.15) is 0 Å². The van der Waals surface area contributed by atoms with Crippen molar-refractivity contribution < 1.29 is 13.9 Å². The number of hydrogen-bond acceptors (Lipinski definition) is 4. The molecule has 5 nitrogen and oxygen atoms in total. The van der Waals surface area contributed by atoms with Crippen LogP contribution in [0.4, 0.5) is 0 Å². The Balaban J connectivity index is 0.00000288. The lowest BCUT2D eigenvalue weighted by Crippen LogP contribution is -2.28. The molecule has 24 heavy (non-hydrogen) atoms. The van der Waals surface area contributed by atoms with Gasteiger partial charge in [-0.05, 0) is 51.0 Å². The first-order valence-electron chi connectivity index (χ1n) is 7.78. The van der Waals surface area contributed by atoms with Crippen LogP contribution in [0.2, 0.25) is 0 Å². The van der Waals surface area contributed by atoms with E-state index in [1.165, 1.54) is 5.56 Å². The third kappa shape index (κ3) is 5.91. The Morgan fingerprint density at radius 2 is 2.04 bits per heavy atom. The van der Waals surface area contributed by atoms with Crippen LogP contribution in [0.5, 0.6) is 5.75 Å². The number of benzene rings is 1. The minimum atomic E-state index is -0.233. The lowest BCUT2D eigenvalue weighted by Gasteiger charge is -2.08. The van der Waals surface area contributed by atoms with Gasteiger partial charge in [0.2, 0.25) is 0 Å². The second kappa shape index (κ2) is 9.35. The molecule has 132 valence electrons. The zero-order valence-electron chi connectivity index (χ0n) is 14.3. The summed E-state index contributed by atoms with van der Waals surface area (Å²) in [5.41, 5.74) is 7.91. The van der Waals surface area contributed by atoms with Gasteiger partial charge in [0.1, 0.15) is 18.1 Å². The Morgan fingerprint density at radius 3 is 2.71 bits per heavy atom. The van der Waals surface area contributed by atoms with E-state index in [1.807, 2.05) is 32.9 Å². The Morgan fingerprint density at radius 1 is 1.29 bits per heavy atom. The molecule has 3 N–H and O–H groups in total. The molecule has 0 aliphatic carbocycles. The van der Waals surface area contributed by atoms with E-state index < -0.39 is 0 Å². The number of rotatable bonds is 7. The quantitative estimate of drug-likeness (QED) is 0.800. The van der Waals surface area contributed by atoms with E-state index in [1.54, 1.807) is 12.1 Å². The molecule has 1 heterocycles. The highest BCUT2D eigenvalue weighted by molar-refractivity contribution is 5.91. The van der Waals surface area contributed by atoms with Gasteiger partial charge in [0, 0.05) is 12.6 Å². The molecule has 1 atom stereocenters. The molecule has 0 fully saturated rings. The van der Waals surface area contributed by atoms with Gasteiger partial charge in [-0.1, -0.05) is 17.7 Å². The molecule has 1 aromatic carbocycles. The summed E-state index contributed by atoms with van der Waals surface area (Å²) in [5.74, 6) is 1.48. The average Bonchev–Trinajstić information content (AvgIpc) is 2.95. The molecule has 0 radical (unpaired) electrons. The maximum Gasteiger partial charge on any atom is 0.286 e. The first-order chi connectivity index (χ1) is 11.0. The van der Waals surface area contributed by atoms with Gasteiger partial charge < -0.3 is 20.2 Å². The number of furan rings is 1. The molecule has 2 rings (SSSR count). The number of halogens is 1. The summed E-state index contributed by atoms with van der Waals surface area (Å²) in [6, 6.07) is 9.48. The molecule has 1 amide bonds. The minimum Gasteiger partial charge on any atom is -0.485 e. The number of nitrogens with two attached hydrogens (primary N) is 1. The molecule has 1 unspecified atom stereocenters. The Hall–Kier alpha value is -1.98. The van der Waals surface area contributed by atoms with Crippen LogP contribution >= 0.6 is 12.4 Å². The first kappa shape index (κ1) is 20.1. The zero-order valence-corrected chi connectivity index (χ0v) is 15.1. The third-order valence-corrected chi connectivity index (χ3v) is 3.47. The predicted molar refractivity (Wildman–Crippen MR) is 96.8 cm³/mol. The molecule has 0 bridgehead atoms. The second-order valence-corrected chi connectivity index (χ2v) is 5.85. The van der Waals surface area contributed by atoms with Crippen molar-refractivity contribution in [3.05, 3.63) is 53.0 Å². The molecule has 0 saturated carbocycles. The highest BCUT2D eigenvalue weighted by Crippen LogP contribution is 2.20. The number of nitrogens with one attached hydrogen (secondary N) is 1. The summed E-state index contributed by atoms with van der Waals surface area (Å²) in [7, 11) is 0. The van der Waals surface area contributed by atoms with Gasteiger partial charge in [0.15, 0.2) is 5.76 Å². The van der Waals surface area contributed by atoms with Crippen molar-refractivity contribution in [2.45, 2.75) is 39.8 Å². The number of hydrogen-bond donors (Lipinski definition) is 2. The van der Waals surface area contributed by atoms with E-state index in [0.29, 0.717) is 12.3 Å². The van der Waals surface area contributed by atoms with Crippen molar-refractivity contribution in [1.29, 1.82) is 0 Å². The van der Waals surface area contributed by atoms with Crippen molar-refractivity contribution in [1.82, 2.24) is 5.32 Å². The van der Waals surface area contributed by atoms with E-state index in [4.69, 9.17) is 14.9 Å². The van der Waals surface area contributed by atoms with Crippen LogP contribution in [0.3, 0.4) is 0 Å². The van der Waals surface area contributed by atoms with Crippen LogP contribution in [-0.2, 0) is 6.61 Å². The van der Waals surface area contributed by atoms with E-state index in [2.05, 4.69) is 11.4 Å². The molecule has 0 aliphatic heterocycles. The van der Waals surface area contributed by atoms with Gasteiger partial charge in [0.05, 0.1) is 0 Å². The lowest BCUT2D eigenvalue weighted by molar-refractivity contribution is 0.0921. The van der Waals surface area contributed by atoms with Gasteiger partial charge >= 0.3 is 0 Å². The van der Waals surface area contributed by atoms with Crippen molar-refractivity contribution >= 4 is 18.3 Å². The smallest absolute Gasteiger partial charge is 0.286 e. The van der Waals surface area contributed by atoms with Gasteiger partial charge in [-0.3, -0.25) is 4.79 Å². The van der Waals surface area contributed by atoms with Crippen molar-refractivity contribution in [2.75, 3.05) is 6.54 Å². The zero-order chi connectivity index (χ0) is 16.8. The fourth-order valence-corrected chi connectivity index (χ4v) is 2.19. The molecular weight excluding hydrogens is 328 g/mol. The van der Waals surface area contributed by atoms with Crippen molar-refractivity contribution in [2.24, 2.45) is 5.73 Å². The Bertz CT molecular complexity index is 668. The van der Waals surface area contributed by atoms with E-state index in [9.17, 15) is 4.79 Å². The molecule has 2 aromatic rings. The SMILES string of the molecule is Cc1ccc(OCc2ccc(C(=O)NCCC(C)N)o2)c(C)c1.Cl. The molecule has 6 heteroatoms. The van der Waals surface area contributed by atoms with Crippen LogP contribution in [0.1, 0.15) is 40.8 Å². The van der Waals surface area contributed by atoms with E-state index in [-0.39, 0.29) is 36.7 Å². The summed E-state index contributed by atoms with van der Waals surface area (Å²) in [5, 5.41) is 2.78. The number of aryl methyl sites for hydroxylation is 2. The maximum atomic E-state index is 11.9. The topological polar surface area (TPSA) is 77.5 Å². The minimum absolute atomic E-state index is 0. The van der Waals surface area contributed by atoms with Crippen LogP contribution in [0, 0.1) is 13.8 Å². The summed E-state index contributed by atoms with van der Waals surface area (Å²) in [4.78, 5) is 11.9. The largest absolute Gasteiger partial charge is 0.485 e. The van der Waals surface area contributed by atoms with Gasteiger partial charge in [0.25, 0.3) is 5.91 Å². The Labute approximate surface area is 149 Å². The molecule has 0 saturated heterocycles. The van der Waals surface area contributed by atoms with Gasteiger partial charge in [-0.15, -0.1) is 12.4 Å². The highest BCUT2D eigenvalue weighted by Gasteiger charge is 2.11. The molecule has 0 spiro atoms. The number of carbonyl (C=O) groups is 1. The fourth-order valence-electron chi connectivity index (χ4n) is 2.19. The lowest BCUT2D eigenvalue weighted by atomic mass is 10.1. The van der Waals surface area contributed by atoms with Crippen molar-refractivity contribution in [3.8, 4) is 5.75 Å². The highest BCUT2D eigenvalue weighted by atomic mass is 35.5. The Kier molecular flexibility index (Phi) is 7.82. The monoisotopic (exact) mass is 352 g/mol. The molecular formula is C18H25ClN2O3. The number of amides is 1. The third-order valence-electron chi connectivity index (χ3n) is 3.47. The summed E-state index contributed by atoms with van der Waals surface area (Å²) >= 11 is 0. The van der Waals surface area contributed by atoms with E-state index >= 15 is 0 Å². The van der Waals surface area contributed by atoms with Crippen LogP contribution < -0.4 is 15.8 Å². The summed E-state index contributed by atoms with van der Waals surface area (Å²) in [6.07, 6.45) is 0.731. The standard InChI is InChI=1S/C18H24N2O3.ClH/c1-12-4-6-16(13(2)10-12)22-11-15-5-7-17(23-15)18(21)20-9-8-14(3)19;/h4-7,10,14H,8-9,11,19H2,1-3H3,(H,20,21);1H.